The molecule has 2 unspecified atom stereocenters. The van der Waals surface area contributed by atoms with Crippen molar-refractivity contribution in [3.63, 3.8) is 0 Å². The van der Waals surface area contributed by atoms with Gasteiger partial charge in [0.05, 0.1) is 19.3 Å². The van der Waals surface area contributed by atoms with E-state index >= 15 is 0 Å². The van der Waals surface area contributed by atoms with Crippen molar-refractivity contribution in [2.24, 2.45) is 10.4 Å². The van der Waals surface area contributed by atoms with E-state index in [4.69, 9.17) is 9.47 Å². The summed E-state index contributed by atoms with van der Waals surface area (Å²) in [5, 5.41) is 6.97. The third-order valence-corrected chi connectivity index (χ3v) is 5.49. The van der Waals surface area contributed by atoms with Crippen molar-refractivity contribution in [3.8, 4) is 0 Å². The number of morpholine rings is 1. The van der Waals surface area contributed by atoms with Crippen LogP contribution in [0.15, 0.2) is 4.99 Å². The van der Waals surface area contributed by atoms with Gasteiger partial charge in [-0.15, -0.1) is 24.0 Å². The highest BCUT2D eigenvalue weighted by Crippen LogP contribution is 2.42. The molecule has 1 heterocycles. The van der Waals surface area contributed by atoms with Gasteiger partial charge in [0.15, 0.2) is 5.96 Å². The Kier molecular flexibility index (Phi) is 8.22. The van der Waals surface area contributed by atoms with Gasteiger partial charge in [-0.1, -0.05) is 13.8 Å². The first-order valence-corrected chi connectivity index (χ1v) is 8.64. The van der Waals surface area contributed by atoms with Crippen molar-refractivity contribution in [1.82, 2.24) is 15.5 Å². The number of ether oxygens (including phenoxy) is 2. The Labute approximate surface area is 164 Å². The van der Waals surface area contributed by atoms with Crippen LogP contribution in [0, 0.1) is 5.41 Å². The number of guanidine groups is 1. The molecule has 1 aliphatic carbocycles. The minimum atomic E-state index is 0. The molecule has 2 atom stereocenters. The molecule has 2 aliphatic rings. The third-order valence-electron chi connectivity index (χ3n) is 5.49. The molecule has 0 bridgehead atoms. The van der Waals surface area contributed by atoms with E-state index in [2.05, 4.69) is 48.2 Å². The first-order valence-electron chi connectivity index (χ1n) is 8.64. The predicted octanol–water partition coefficient (Wildman–Crippen LogP) is 1.69. The number of halogens is 1. The third kappa shape index (κ3) is 4.95. The molecule has 0 aromatic carbocycles. The van der Waals surface area contributed by atoms with Crippen LogP contribution in [0.1, 0.15) is 34.1 Å². The summed E-state index contributed by atoms with van der Waals surface area (Å²) in [6.07, 6.45) is 1.35. The monoisotopic (exact) mass is 454 g/mol. The van der Waals surface area contributed by atoms with Crippen molar-refractivity contribution in [3.05, 3.63) is 0 Å². The Morgan fingerprint density at radius 1 is 1.33 bits per heavy atom. The normalized spacial score (nSPS) is 29.3. The van der Waals surface area contributed by atoms with Crippen molar-refractivity contribution in [2.75, 3.05) is 47.0 Å². The van der Waals surface area contributed by atoms with Gasteiger partial charge in [0.1, 0.15) is 0 Å². The highest BCUT2D eigenvalue weighted by molar-refractivity contribution is 14.0. The van der Waals surface area contributed by atoms with Crippen LogP contribution in [-0.2, 0) is 9.47 Å². The second-order valence-corrected chi connectivity index (χ2v) is 7.83. The van der Waals surface area contributed by atoms with Crippen LogP contribution in [0.3, 0.4) is 0 Å². The molecular formula is C17H35IN4O2. The number of hydrogen-bond donors (Lipinski definition) is 2. The number of methoxy groups -OCH3 is 1. The molecule has 0 spiro atoms. The van der Waals surface area contributed by atoms with Gasteiger partial charge in [-0.05, 0) is 20.3 Å². The molecule has 1 aliphatic heterocycles. The predicted molar refractivity (Wildman–Crippen MR) is 109 cm³/mol. The van der Waals surface area contributed by atoms with E-state index in [1.807, 2.05) is 7.05 Å². The highest BCUT2D eigenvalue weighted by atomic mass is 127. The second-order valence-electron chi connectivity index (χ2n) is 7.83. The van der Waals surface area contributed by atoms with Gasteiger partial charge in [-0.3, -0.25) is 9.89 Å². The van der Waals surface area contributed by atoms with Gasteiger partial charge in [0.25, 0.3) is 0 Å². The molecule has 7 heteroatoms. The first kappa shape index (κ1) is 21.9. The standard InChI is InChI=1S/C17H34N4O2.HI/c1-16(2)12-23-10-9-21(16)8-7-19-15(18-5)20-13-11-14(22-6)17(13,3)4;/h13-14H,7-12H2,1-6H3,(H2,18,19,20);1H. The fourth-order valence-electron chi connectivity index (χ4n) is 3.50. The fraction of sp³-hybridized carbons (Fsp3) is 0.941. The molecule has 142 valence electrons. The van der Waals surface area contributed by atoms with E-state index in [0.717, 1.165) is 45.2 Å². The minimum Gasteiger partial charge on any atom is -0.381 e. The van der Waals surface area contributed by atoms with Gasteiger partial charge >= 0.3 is 0 Å². The topological polar surface area (TPSA) is 58.1 Å². The summed E-state index contributed by atoms with van der Waals surface area (Å²) in [6, 6.07) is 0.401. The molecule has 2 N–H and O–H groups in total. The van der Waals surface area contributed by atoms with Crippen LogP contribution >= 0.6 is 24.0 Å². The second kappa shape index (κ2) is 9.00. The summed E-state index contributed by atoms with van der Waals surface area (Å²) in [4.78, 5) is 6.83. The number of hydrogen-bond acceptors (Lipinski definition) is 4. The largest absolute Gasteiger partial charge is 0.381 e. The van der Waals surface area contributed by atoms with Gasteiger partial charge in [0.2, 0.25) is 0 Å². The van der Waals surface area contributed by atoms with E-state index in [-0.39, 0.29) is 34.9 Å². The molecule has 2 fully saturated rings. The summed E-state index contributed by atoms with van der Waals surface area (Å²) in [7, 11) is 3.62. The lowest BCUT2D eigenvalue weighted by atomic mass is 9.64. The quantitative estimate of drug-likeness (QED) is 0.376. The minimum absolute atomic E-state index is 0. The van der Waals surface area contributed by atoms with E-state index in [9.17, 15) is 0 Å². The van der Waals surface area contributed by atoms with Crippen molar-refractivity contribution >= 4 is 29.9 Å². The maximum absolute atomic E-state index is 5.57. The maximum atomic E-state index is 5.57. The van der Waals surface area contributed by atoms with Crippen LogP contribution in [-0.4, -0.2) is 75.5 Å². The van der Waals surface area contributed by atoms with Gasteiger partial charge < -0.3 is 20.1 Å². The Bertz CT molecular complexity index is 429. The van der Waals surface area contributed by atoms with Crippen LogP contribution in [0.4, 0.5) is 0 Å². The fourth-order valence-corrected chi connectivity index (χ4v) is 3.50. The molecule has 0 radical (unpaired) electrons. The molecule has 0 aromatic rings. The molecule has 1 saturated heterocycles. The van der Waals surface area contributed by atoms with Crippen molar-refractivity contribution < 1.29 is 9.47 Å². The molecule has 6 nitrogen and oxygen atoms in total. The molecule has 1 saturated carbocycles. The van der Waals surface area contributed by atoms with Crippen LogP contribution in [0.2, 0.25) is 0 Å². The first-order chi connectivity index (χ1) is 10.8. The van der Waals surface area contributed by atoms with E-state index in [1.165, 1.54) is 0 Å². The number of aliphatic imine (C=N–C) groups is 1. The number of rotatable bonds is 5. The lowest BCUT2D eigenvalue weighted by Crippen LogP contribution is -2.63. The summed E-state index contributed by atoms with van der Waals surface area (Å²) in [5.41, 5.74) is 0.247. The molecule has 0 amide bonds. The number of nitrogens with one attached hydrogen (secondary N) is 2. The zero-order valence-corrected chi connectivity index (χ0v) is 18.3. The van der Waals surface area contributed by atoms with Crippen LogP contribution < -0.4 is 10.6 Å². The van der Waals surface area contributed by atoms with E-state index in [1.54, 1.807) is 7.11 Å². The van der Waals surface area contributed by atoms with Gasteiger partial charge in [0, 0.05) is 50.8 Å². The van der Waals surface area contributed by atoms with E-state index in [0.29, 0.717) is 12.1 Å². The Morgan fingerprint density at radius 2 is 2.04 bits per heavy atom. The molecule has 2 rings (SSSR count). The summed E-state index contributed by atoms with van der Waals surface area (Å²) < 4.78 is 11.1. The Hall–Kier alpha value is -0.120. The van der Waals surface area contributed by atoms with Crippen LogP contribution in [0.5, 0.6) is 0 Å². The van der Waals surface area contributed by atoms with Crippen molar-refractivity contribution in [2.45, 2.75) is 51.8 Å². The average molecular weight is 454 g/mol. The van der Waals surface area contributed by atoms with E-state index < -0.39 is 0 Å². The van der Waals surface area contributed by atoms with Crippen molar-refractivity contribution in [1.29, 1.82) is 0 Å². The highest BCUT2D eigenvalue weighted by Gasteiger charge is 2.48. The van der Waals surface area contributed by atoms with Crippen LogP contribution in [0.25, 0.3) is 0 Å². The summed E-state index contributed by atoms with van der Waals surface area (Å²) in [5.74, 6) is 0.878. The Balaban J connectivity index is 0.00000288. The molecule has 0 aromatic heterocycles. The number of nitrogens with zero attached hydrogens (tertiary/aromatic N) is 2. The smallest absolute Gasteiger partial charge is 0.191 e. The van der Waals surface area contributed by atoms with Gasteiger partial charge in [-0.2, -0.15) is 0 Å². The Morgan fingerprint density at radius 3 is 2.58 bits per heavy atom. The molecular weight excluding hydrogens is 419 g/mol. The maximum Gasteiger partial charge on any atom is 0.191 e. The van der Waals surface area contributed by atoms with Gasteiger partial charge in [-0.25, -0.2) is 0 Å². The zero-order valence-electron chi connectivity index (χ0n) is 16.0. The SMILES string of the molecule is CN=C(NCCN1CCOCC1(C)C)NC1CC(OC)C1(C)C.I. The molecule has 24 heavy (non-hydrogen) atoms. The lowest BCUT2D eigenvalue weighted by molar-refractivity contribution is -0.0922. The summed E-state index contributed by atoms with van der Waals surface area (Å²) in [6.45, 7) is 13.4. The summed E-state index contributed by atoms with van der Waals surface area (Å²) >= 11 is 0. The zero-order chi connectivity index (χ0) is 17.1. The average Bonchev–Trinajstić information content (AvgIpc) is 2.50. The lowest BCUT2D eigenvalue weighted by Gasteiger charge is -2.51.